The second-order valence-corrected chi connectivity index (χ2v) is 19.4. The fourth-order valence-electron chi connectivity index (χ4n) is 5.93. The first kappa shape index (κ1) is 44.6. The van der Waals surface area contributed by atoms with Crippen LogP contribution in [-0.4, -0.2) is 24.6 Å². The maximum absolute atomic E-state index is 10.7. The van der Waals surface area contributed by atoms with Crippen molar-refractivity contribution < 1.29 is 25.2 Å². The van der Waals surface area contributed by atoms with E-state index in [1.807, 2.05) is 0 Å². The van der Waals surface area contributed by atoms with E-state index >= 15 is 0 Å². The van der Waals surface area contributed by atoms with Crippen LogP contribution in [0.4, 0.5) is 25.2 Å². The minimum absolute atomic E-state index is 0.701. The predicted octanol–water partition coefficient (Wildman–Crippen LogP) is 16.6. The van der Waals surface area contributed by atoms with Crippen molar-refractivity contribution in [3.63, 3.8) is 0 Å². The molecule has 0 rings (SSSR count). The van der Waals surface area contributed by atoms with Crippen molar-refractivity contribution in [1.29, 1.82) is 0 Å². The minimum atomic E-state index is -10.7. The van der Waals surface area contributed by atoms with Gasteiger partial charge in [-0.25, -0.2) is 0 Å². The van der Waals surface area contributed by atoms with E-state index < -0.39 is 15.1 Å². The van der Waals surface area contributed by atoms with Gasteiger partial charge < -0.3 is 0 Å². The molecule has 0 nitrogen and oxygen atoms in total. The molecule has 0 N–H and O–H groups in total. The summed E-state index contributed by atoms with van der Waals surface area (Å²) >= 11 is 0. The van der Waals surface area contributed by atoms with E-state index in [0.29, 0.717) is 0 Å². The SMILES string of the molecule is CCCCCCCCCCCCCCCC[P+](CCCCCC)(CCCCCC)CCCCCC.F[P-](F)(F)(F)(F)F. The maximum atomic E-state index is 9.87. The molecule has 0 aromatic carbocycles. The molecular weight excluding hydrogens is 584 g/mol. The molecule has 0 spiro atoms. The summed E-state index contributed by atoms with van der Waals surface area (Å²) in [5, 5.41) is 0. The van der Waals surface area contributed by atoms with Gasteiger partial charge in [-0.05, 0) is 51.4 Å². The van der Waals surface area contributed by atoms with E-state index in [2.05, 4.69) is 27.7 Å². The molecule has 42 heavy (non-hydrogen) atoms. The third-order valence-electron chi connectivity index (χ3n) is 8.44. The summed E-state index contributed by atoms with van der Waals surface area (Å²) in [5.41, 5.74) is 0. The zero-order valence-electron chi connectivity index (χ0n) is 28.4. The van der Waals surface area contributed by atoms with E-state index in [-0.39, 0.29) is 0 Å². The molecule has 8 heteroatoms. The van der Waals surface area contributed by atoms with Crippen molar-refractivity contribution in [1.82, 2.24) is 0 Å². The summed E-state index contributed by atoms with van der Waals surface area (Å²) in [4.78, 5) is 0. The average molecular weight is 657 g/mol. The van der Waals surface area contributed by atoms with Crippen LogP contribution >= 0.6 is 15.1 Å². The van der Waals surface area contributed by atoms with Crippen molar-refractivity contribution in [3.05, 3.63) is 0 Å². The van der Waals surface area contributed by atoms with Crippen LogP contribution in [-0.2, 0) is 0 Å². The fourth-order valence-corrected chi connectivity index (χ4v) is 10.9. The molecule has 260 valence electrons. The first-order valence-corrected chi connectivity index (χ1v) is 22.7. The Bertz CT molecular complexity index is 523. The normalized spacial score (nSPS) is 13.9. The Hall–Kier alpha value is 0.440. The Morgan fingerprint density at radius 2 is 0.429 bits per heavy atom. The Balaban J connectivity index is 0. The van der Waals surface area contributed by atoms with Crippen LogP contribution in [0.25, 0.3) is 0 Å². The van der Waals surface area contributed by atoms with Gasteiger partial charge in [0, 0.05) is 7.26 Å². The van der Waals surface area contributed by atoms with E-state index in [1.54, 1.807) is 50.3 Å². The van der Waals surface area contributed by atoms with Gasteiger partial charge in [-0.2, -0.15) is 0 Å². The molecule has 0 saturated carbocycles. The molecule has 0 radical (unpaired) electrons. The van der Waals surface area contributed by atoms with Gasteiger partial charge in [0.05, 0.1) is 24.6 Å². The van der Waals surface area contributed by atoms with Crippen molar-refractivity contribution in [2.45, 2.75) is 195 Å². The summed E-state index contributed by atoms with van der Waals surface area (Å²) in [7, 11) is -11.4. The average Bonchev–Trinajstić information content (AvgIpc) is 2.90. The summed E-state index contributed by atoms with van der Waals surface area (Å²) in [6, 6.07) is 0. The van der Waals surface area contributed by atoms with Gasteiger partial charge in [0.1, 0.15) is 0 Å². The van der Waals surface area contributed by atoms with Gasteiger partial charge >= 0.3 is 33.0 Å². The van der Waals surface area contributed by atoms with Crippen LogP contribution in [0.2, 0.25) is 0 Å². The number of hydrogen-bond acceptors (Lipinski definition) is 0. The third kappa shape index (κ3) is 42.6. The number of unbranched alkanes of at least 4 members (excludes halogenated alkanes) is 22. The quantitative estimate of drug-likeness (QED) is 0.0410. The standard InChI is InChI=1S/C34H72P.F6P/c1-5-9-13-17-18-19-20-21-22-23-24-25-26-30-34-35(31-27-14-10-6-2,32-28-15-11-7-3)33-29-16-12-8-4;1-7(2,3,4,5)6/h5-34H2,1-4H3;/q+1;-1. The zero-order valence-corrected chi connectivity index (χ0v) is 30.2. The molecule has 0 saturated heterocycles. The van der Waals surface area contributed by atoms with E-state index in [0.717, 1.165) is 0 Å². The monoisotopic (exact) mass is 657 g/mol. The molecule has 0 aliphatic carbocycles. The van der Waals surface area contributed by atoms with E-state index in [9.17, 15) is 25.2 Å². The van der Waals surface area contributed by atoms with Gasteiger partial charge in [0.2, 0.25) is 0 Å². The number of halogens is 6. The second-order valence-electron chi connectivity index (χ2n) is 13.0. The summed E-state index contributed by atoms with van der Waals surface area (Å²) in [5.74, 6) is 0. The molecule has 0 amide bonds. The van der Waals surface area contributed by atoms with Crippen LogP contribution in [0.5, 0.6) is 0 Å². The van der Waals surface area contributed by atoms with Crippen molar-refractivity contribution in [2.24, 2.45) is 0 Å². The Morgan fingerprint density at radius 1 is 0.286 bits per heavy atom. The second kappa shape index (κ2) is 25.6. The summed E-state index contributed by atoms with van der Waals surface area (Å²) < 4.78 is 59.2. The molecule has 0 atom stereocenters. The van der Waals surface area contributed by atoms with E-state index in [4.69, 9.17) is 0 Å². The molecule has 0 aromatic rings. The molecule has 0 fully saturated rings. The van der Waals surface area contributed by atoms with Crippen molar-refractivity contribution in [2.75, 3.05) is 24.6 Å². The van der Waals surface area contributed by atoms with Crippen LogP contribution < -0.4 is 0 Å². The van der Waals surface area contributed by atoms with Gasteiger partial charge in [-0.15, -0.1) is 0 Å². The van der Waals surface area contributed by atoms with Gasteiger partial charge in [0.15, 0.2) is 0 Å². The molecular formula is C34H72F6P2. The summed E-state index contributed by atoms with van der Waals surface area (Å²) in [6.07, 6.45) is 45.1. The van der Waals surface area contributed by atoms with Crippen LogP contribution in [0.15, 0.2) is 0 Å². The summed E-state index contributed by atoms with van der Waals surface area (Å²) in [6.45, 7) is 9.42. The Morgan fingerprint density at radius 3 is 0.619 bits per heavy atom. The first-order valence-electron chi connectivity index (χ1n) is 18.1. The molecule has 0 aromatic heterocycles. The van der Waals surface area contributed by atoms with Crippen LogP contribution in [0.1, 0.15) is 195 Å². The molecule has 0 bridgehead atoms. The number of rotatable bonds is 30. The van der Waals surface area contributed by atoms with Gasteiger partial charge in [0.25, 0.3) is 0 Å². The van der Waals surface area contributed by atoms with Crippen molar-refractivity contribution >= 4 is 15.1 Å². The third-order valence-corrected chi connectivity index (χ3v) is 13.5. The Kier molecular flexibility index (Phi) is 27.2. The molecule has 0 aliphatic heterocycles. The predicted molar refractivity (Wildman–Crippen MR) is 183 cm³/mol. The fraction of sp³-hybridized carbons (Fsp3) is 1.00. The van der Waals surface area contributed by atoms with Crippen LogP contribution in [0.3, 0.4) is 0 Å². The number of hydrogen-bond donors (Lipinski definition) is 0. The van der Waals surface area contributed by atoms with Gasteiger partial charge in [-0.3, -0.25) is 0 Å². The molecule has 0 unspecified atom stereocenters. The molecule has 0 aliphatic rings. The van der Waals surface area contributed by atoms with Crippen molar-refractivity contribution in [3.8, 4) is 0 Å². The topological polar surface area (TPSA) is 0 Å². The van der Waals surface area contributed by atoms with Gasteiger partial charge in [-0.1, -0.05) is 143 Å². The molecule has 0 heterocycles. The first-order chi connectivity index (χ1) is 19.7. The van der Waals surface area contributed by atoms with Crippen LogP contribution in [0, 0.1) is 0 Å². The van der Waals surface area contributed by atoms with E-state index in [1.165, 1.54) is 141 Å². The Labute approximate surface area is 259 Å². The zero-order chi connectivity index (χ0) is 32.1.